The molecule has 2 rings (SSSR count). The number of hydrogen-bond donors (Lipinski definition) is 2. The van der Waals surface area contributed by atoms with Crippen LogP contribution in [-0.4, -0.2) is 42.5 Å². The molecule has 0 aromatic heterocycles. The summed E-state index contributed by atoms with van der Waals surface area (Å²) in [4.78, 5) is 13.2. The van der Waals surface area contributed by atoms with Gasteiger partial charge in [0.05, 0.1) is 6.04 Å². The molecule has 0 aliphatic carbocycles. The number of carbonyl (C=O) groups excluding carboxylic acids is 1. The Morgan fingerprint density at radius 3 is 2.87 bits per heavy atom. The lowest BCUT2D eigenvalue weighted by atomic mass is 10.0. The predicted octanol–water partition coefficient (Wildman–Crippen LogP) is 0.0782. The van der Waals surface area contributed by atoms with Crippen LogP contribution in [-0.2, 0) is 4.79 Å². The van der Waals surface area contributed by atoms with E-state index < -0.39 is 0 Å². The number of nitrogens with one attached hydrogen (secondary N) is 1. The molecule has 2 heterocycles. The van der Waals surface area contributed by atoms with Crippen LogP contribution >= 0.6 is 0 Å². The number of likely N-dealkylation sites (tertiary alicyclic amines) is 1. The van der Waals surface area contributed by atoms with Crippen molar-refractivity contribution >= 4 is 5.91 Å². The first-order valence-electron chi connectivity index (χ1n) is 6.04. The highest BCUT2D eigenvalue weighted by atomic mass is 16.1. The molecule has 4 heteroatoms. The summed E-state index contributed by atoms with van der Waals surface area (Å²) in [6, 6.07) is 0.750. The molecule has 2 aliphatic rings. The van der Waals surface area contributed by atoms with E-state index in [2.05, 4.69) is 10.2 Å². The van der Waals surface area contributed by atoms with Crippen molar-refractivity contribution in [3.8, 4) is 0 Å². The molecule has 0 radical (unpaired) electrons. The normalized spacial score (nSPS) is 31.5. The maximum Gasteiger partial charge on any atom is 0.234 e. The molecule has 2 saturated heterocycles. The smallest absolute Gasteiger partial charge is 0.234 e. The van der Waals surface area contributed by atoms with Crippen LogP contribution in [0, 0.1) is 0 Å². The van der Waals surface area contributed by atoms with Crippen molar-refractivity contribution in [2.24, 2.45) is 5.73 Å². The Morgan fingerprint density at radius 1 is 1.47 bits per heavy atom. The van der Waals surface area contributed by atoms with Crippen LogP contribution < -0.4 is 11.1 Å². The van der Waals surface area contributed by atoms with Crippen molar-refractivity contribution in [3.05, 3.63) is 0 Å². The largest absolute Gasteiger partial charge is 0.368 e. The first-order valence-corrected chi connectivity index (χ1v) is 6.04. The van der Waals surface area contributed by atoms with E-state index in [1.165, 1.54) is 32.2 Å². The highest BCUT2D eigenvalue weighted by Gasteiger charge is 2.31. The van der Waals surface area contributed by atoms with E-state index in [0.717, 1.165) is 25.6 Å². The molecule has 2 atom stereocenters. The minimum absolute atomic E-state index is 0.0292. The highest BCUT2D eigenvalue weighted by Crippen LogP contribution is 2.18. The second kappa shape index (κ2) is 4.94. The number of nitrogens with zero attached hydrogens (tertiary/aromatic N) is 1. The summed E-state index contributed by atoms with van der Waals surface area (Å²) >= 11 is 0. The average molecular weight is 211 g/mol. The van der Waals surface area contributed by atoms with Crippen molar-refractivity contribution in [2.75, 3.05) is 19.6 Å². The van der Waals surface area contributed by atoms with Gasteiger partial charge in [0.1, 0.15) is 0 Å². The van der Waals surface area contributed by atoms with E-state index in [9.17, 15) is 4.79 Å². The Balaban J connectivity index is 1.59. The van der Waals surface area contributed by atoms with Crippen molar-refractivity contribution in [1.29, 1.82) is 0 Å². The summed E-state index contributed by atoms with van der Waals surface area (Å²) in [6.07, 6.45) is 6.01. The van der Waals surface area contributed by atoms with Crippen molar-refractivity contribution in [3.63, 3.8) is 0 Å². The van der Waals surface area contributed by atoms with Crippen LogP contribution in [0.25, 0.3) is 0 Å². The van der Waals surface area contributed by atoms with E-state index in [4.69, 9.17) is 5.73 Å². The lowest BCUT2D eigenvalue weighted by Gasteiger charge is -2.38. The van der Waals surface area contributed by atoms with Gasteiger partial charge in [0.25, 0.3) is 0 Å². The summed E-state index contributed by atoms with van der Waals surface area (Å²) in [5, 5.41) is 3.49. The molecule has 0 aromatic rings. The standard InChI is InChI=1S/C11H21N3O/c12-11(15)10-5-8-14(10)7-2-4-9-3-1-6-13-9/h9-10,13H,1-8H2,(H2,12,15). The quantitative estimate of drug-likeness (QED) is 0.677. The molecule has 4 nitrogen and oxygen atoms in total. The fraction of sp³-hybridized carbons (Fsp3) is 0.909. The maximum absolute atomic E-state index is 11.0. The first-order chi connectivity index (χ1) is 7.27. The Labute approximate surface area is 91.2 Å². The molecule has 0 spiro atoms. The molecule has 2 aliphatic heterocycles. The van der Waals surface area contributed by atoms with Gasteiger partial charge in [-0.2, -0.15) is 0 Å². The average Bonchev–Trinajstić information content (AvgIpc) is 2.61. The van der Waals surface area contributed by atoms with E-state index >= 15 is 0 Å². The van der Waals surface area contributed by atoms with Crippen LogP contribution in [0.2, 0.25) is 0 Å². The third kappa shape index (κ3) is 2.69. The van der Waals surface area contributed by atoms with Gasteiger partial charge < -0.3 is 11.1 Å². The molecule has 3 N–H and O–H groups in total. The molecule has 2 unspecified atom stereocenters. The number of nitrogens with two attached hydrogens (primary N) is 1. The number of rotatable bonds is 5. The van der Waals surface area contributed by atoms with Crippen LogP contribution in [0.15, 0.2) is 0 Å². The zero-order valence-electron chi connectivity index (χ0n) is 9.24. The van der Waals surface area contributed by atoms with Crippen LogP contribution in [0.3, 0.4) is 0 Å². The van der Waals surface area contributed by atoms with Gasteiger partial charge in [-0.05, 0) is 45.2 Å². The van der Waals surface area contributed by atoms with Crippen LogP contribution in [0.4, 0.5) is 0 Å². The number of amides is 1. The predicted molar refractivity (Wildman–Crippen MR) is 59.4 cm³/mol. The minimum atomic E-state index is -0.153. The Bertz CT molecular complexity index is 226. The fourth-order valence-electron chi connectivity index (χ4n) is 2.57. The lowest BCUT2D eigenvalue weighted by molar-refractivity contribution is -0.127. The SMILES string of the molecule is NC(=O)C1CCN1CCCC1CCCN1. The van der Waals surface area contributed by atoms with Crippen molar-refractivity contribution in [2.45, 2.75) is 44.2 Å². The van der Waals surface area contributed by atoms with Crippen LogP contribution in [0.1, 0.15) is 32.1 Å². The van der Waals surface area contributed by atoms with Gasteiger partial charge in [-0.1, -0.05) is 0 Å². The molecule has 1 amide bonds. The number of primary amides is 1. The van der Waals surface area contributed by atoms with Gasteiger partial charge >= 0.3 is 0 Å². The third-order valence-corrected chi connectivity index (χ3v) is 3.62. The Morgan fingerprint density at radius 2 is 2.33 bits per heavy atom. The van der Waals surface area contributed by atoms with E-state index in [-0.39, 0.29) is 11.9 Å². The van der Waals surface area contributed by atoms with Crippen molar-refractivity contribution < 1.29 is 4.79 Å². The second-order valence-electron chi connectivity index (χ2n) is 4.68. The molecular formula is C11H21N3O. The zero-order chi connectivity index (χ0) is 10.7. The summed E-state index contributed by atoms with van der Waals surface area (Å²) in [5.41, 5.74) is 5.29. The topological polar surface area (TPSA) is 58.4 Å². The van der Waals surface area contributed by atoms with E-state index in [1.807, 2.05) is 0 Å². The zero-order valence-corrected chi connectivity index (χ0v) is 9.24. The van der Waals surface area contributed by atoms with Gasteiger partial charge in [-0.3, -0.25) is 9.69 Å². The fourth-order valence-corrected chi connectivity index (χ4v) is 2.57. The summed E-state index contributed by atoms with van der Waals surface area (Å²) < 4.78 is 0. The van der Waals surface area contributed by atoms with Crippen LogP contribution in [0.5, 0.6) is 0 Å². The van der Waals surface area contributed by atoms with E-state index in [0.29, 0.717) is 0 Å². The van der Waals surface area contributed by atoms with Gasteiger partial charge in [0.2, 0.25) is 5.91 Å². The van der Waals surface area contributed by atoms with Gasteiger partial charge in [0.15, 0.2) is 0 Å². The monoisotopic (exact) mass is 211 g/mol. The molecule has 86 valence electrons. The van der Waals surface area contributed by atoms with E-state index in [1.54, 1.807) is 0 Å². The summed E-state index contributed by atoms with van der Waals surface area (Å²) in [5.74, 6) is -0.153. The number of carbonyl (C=O) groups is 1. The minimum Gasteiger partial charge on any atom is -0.368 e. The van der Waals surface area contributed by atoms with Gasteiger partial charge in [-0.15, -0.1) is 0 Å². The summed E-state index contributed by atoms with van der Waals surface area (Å²) in [7, 11) is 0. The molecule has 15 heavy (non-hydrogen) atoms. The molecule has 0 saturated carbocycles. The first kappa shape index (κ1) is 10.9. The molecular weight excluding hydrogens is 190 g/mol. The Hall–Kier alpha value is -0.610. The lowest BCUT2D eigenvalue weighted by Crippen LogP contribution is -2.55. The maximum atomic E-state index is 11.0. The highest BCUT2D eigenvalue weighted by molar-refractivity contribution is 5.80. The van der Waals surface area contributed by atoms with Crippen molar-refractivity contribution in [1.82, 2.24) is 10.2 Å². The summed E-state index contributed by atoms with van der Waals surface area (Å²) in [6.45, 7) is 3.26. The third-order valence-electron chi connectivity index (χ3n) is 3.62. The molecule has 2 fully saturated rings. The van der Waals surface area contributed by atoms with Gasteiger partial charge in [0, 0.05) is 12.6 Å². The molecule has 0 bridgehead atoms. The Kier molecular flexibility index (Phi) is 3.59. The second-order valence-corrected chi connectivity index (χ2v) is 4.68. The number of hydrogen-bond acceptors (Lipinski definition) is 3. The van der Waals surface area contributed by atoms with Gasteiger partial charge in [-0.25, -0.2) is 0 Å². The molecule has 0 aromatic carbocycles.